The van der Waals surface area contributed by atoms with E-state index in [1.807, 2.05) is 34.6 Å². The van der Waals surface area contributed by atoms with Crippen molar-refractivity contribution < 1.29 is 33.2 Å². The summed E-state index contributed by atoms with van der Waals surface area (Å²) >= 11 is 0. The van der Waals surface area contributed by atoms with E-state index in [1.54, 1.807) is 0 Å². The van der Waals surface area contributed by atoms with Gasteiger partial charge in [-0.3, -0.25) is 4.79 Å². The minimum absolute atomic E-state index is 0.338. The molecule has 8 heteroatoms. The summed E-state index contributed by atoms with van der Waals surface area (Å²) in [6, 6.07) is 0. The Morgan fingerprint density at radius 3 is 2.38 bits per heavy atom. The van der Waals surface area contributed by atoms with Crippen molar-refractivity contribution in [3.05, 3.63) is 12.2 Å². The number of esters is 1. The predicted octanol–water partition coefficient (Wildman–Crippen LogP) is 3.78. The maximum Gasteiger partial charge on any atom is 0.313 e. The summed E-state index contributed by atoms with van der Waals surface area (Å²) in [5.41, 5.74) is 4.09. The van der Waals surface area contributed by atoms with E-state index in [2.05, 4.69) is 37.7 Å². The van der Waals surface area contributed by atoms with Crippen molar-refractivity contribution >= 4 is 14.0 Å². The average molecular weight is 467 g/mol. The van der Waals surface area contributed by atoms with Crippen LogP contribution in [0.2, 0.25) is 19.6 Å². The molecule has 0 aromatic rings. The van der Waals surface area contributed by atoms with Crippen molar-refractivity contribution in [3.8, 4) is 11.5 Å². The van der Waals surface area contributed by atoms with Crippen molar-refractivity contribution in [1.29, 1.82) is 0 Å². The van der Waals surface area contributed by atoms with Crippen LogP contribution in [0.15, 0.2) is 12.2 Å². The van der Waals surface area contributed by atoms with Crippen molar-refractivity contribution in [2.24, 2.45) is 5.92 Å². The summed E-state index contributed by atoms with van der Waals surface area (Å²) in [5.74, 6) is 0.884. The number of hydrogen-bond donors (Lipinski definition) is 0. The third-order valence-corrected chi connectivity index (χ3v) is 6.50. The molecular formula is C24H38O7Si. The van der Waals surface area contributed by atoms with Crippen LogP contribution in [-0.2, 0) is 33.2 Å². The molecule has 0 radical (unpaired) electrons. The van der Waals surface area contributed by atoms with Crippen LogP contribution in [0.4, 0.5) is 0 Å². The van der Waals surface area contributed by atoms with Crippen molar-refractivity contribution in [2.75, 3.05) is 6.61 Å². The maximum atomic E-state index is 13.2. The lowest BCUT2D eigenvalue weighted by atomic mass is 9.96. The van der Waals surface area contributed by atoms with Crippen LogP contribution in [0.5, 0.6) is 0 Å². The minimum atomic E-state index is -1.45. The fourth-order valence-electron chi connectivity index (χ4n) is 4.14. The van der Waals surface area contributed by atoms with Gasteiger partial charge in [-0.25, -0.2) is 0 Å². The molecule has 3 heterocycles. The third-order valence-electron chi connectivity index (χ3n) is 5.58. The van der Waals surface area contributed by atoms with E-state index in [0.29, 0.717) is 19.4 Å². The van der Waals surface area contributed by atoms with Gasteiger partial charge in [0.15, 0.2) is 30.1 Å². The fourth-order valence-corrected chi connectivity index (χ4v) is 4.80. The first-order valence-corrected chi connectivity index (χ1v) is 14.9. The zero-order valence-electron chi connectivity index (χ0n) is 20.7. The molecule has 3 aliphatic heterocycles. The van der Waals surface area contributed by atoms with Gasteiger partial charge in [-0.2, -0.15) is 0 Å². The highest BCUT2D eigenvalue weighted by molar-refractivity contribution is 6.83. The smallest absolute Gasteiger partial charge is 0.313 e. The Labute approximate surface area is 193 Å². The molecule has 0 spiro atoms. The molecule has 3 saturated heterocycles. The topological polar surface area (TPSA) is 72.5 Å². The van der Waals surface area contributed by atoms with E-state index < -0.39 is 56.3 Å². The van der Waals surface area contributed by atoms with Crippen LogP contribution in [0.3, 0.4) is 0 Å². The van der Waals surface area contributed by atoms with Gasteiger partial charge < -0.3 is 28.4 Å². The van der Waals surface area contributed by atoms with E-state index in [-0.39, 0.29) is 5.97 Å². The van der Waals surface area contributed by atoms with Crippen molar-refractivity contribution in [3.63, 3.8) is 0 Å². The van der Waals surface area contributed by atoms with E-state index in [4.69, 9.17) is 28.4 Å². The first-order chi connectivity index (χ1) is 14.7. The molecule has 0 N–H and O–H groups in total. The van der Waals surface area contributed by atoms with Gasteiger partial charge in [0.05, 0.1) is 12.5 Å². The number of fused-ring (bicyclic) bond motifs is 1. The van der Waals surface area contributed by atoms with Gasteiger partial charge in [0.2, 0.25) is 0 Å². The lowest BCUT2D eigenvalue weighted by Gasteiger charge is -2.29. The van der Waals surface area contributed by atoms with E-state index in [0.717, 1.165) is 5.57 Å². The Hall–Kier alpha value is -1.21. The number of carbonyl (C=O) groups is 1. The summed E-state index contributed by atoms with van der Waals surface area (Å²) in [6.45, 7) is 20.1. The van der Waals surface area contributed by atoms with E-state index >= 15 is 0 Å². The van der Waals surface area contributed by atoms with Gasteiger partial charge in [-0.05, 0) is 41.0 Å². The molecule has 0 unspecified atom stereocenters. The number of hydrogen-bond acceptors (Lipinski definition) is 7. The standard InChI is InChI=1S/C24H38O7Si/c1-15(2)16(12-10-11-13-32(7,8)9)21(25)27-19-18(17-14-26-23(3,4)29-17)28-22-20(19)30-24(5,6)31-22/h16-20,22H,1,10,12,14H2,2-9H3/t16-,17+,18+,19-,20-,22-/m1/s1. The Kier molecular flexibility index (Phi) is 7.31. The quantitative estimate of drug-likeness (QED) is 0.255. The first kappa shape index (κ1) is 25.4. The number of carbonyl (C=O) groups excluding carboxylic acids is 1. The number of ether oxygens (including phenoxy) is 6. The van der Waals surface area contributed by atoms with Gasteiger partial charge in [-0.1, -0.05) is 31.8 Å². The lowest BCUT2D eigenvalue weighted by molar-refractivity contribution is -0.235. The maximum absolute atomic E-state index is 13.2. The highest BCUT2D eigenvalue weighted by Gasteiger charge is 2.60. The number of rotatable bonds is 6. The second-order valence-electron chi connectivity index (χ2n) is 10.8. The zero-order chi connectivity index (χ0) is 23.9. The fraction of sp³-hybridized carbons (Fsp3) is 0.792. The molecule has 0 saturated carbocycles. The SMILES string of the molecule is C=C(C)[C@@H](CCC#C[Si](C)(C)C)C(=O)O[C@@H]1[C@H]([C@@H]2COC(C)(C)O2)O[C@@H]2OC(C)(C)O[C@@H]21. The van der Waals surface area contributed by atoms with Crippen LogP contribution in [0, 0.1) is 17.4 Å². The summed E-state index contributed by atoms with van der Waals surface area (Å²) in [4.78, 5) is 13.2. The predicted molar refractivity (Wildman–Crippen MR) is 122 cm³/mol. The second-order valence-corrected chi connectivity index (χ2v) is 15.6. The van der Waals surface area contributed by atoms with Gasteiger partial charge >= 0.3 is 5.97 Å². The molecule has 0 aromatic carbocycles. The minimum Gasteiger partial charge on any atom is -0.456 e. The van der Waals surface area contributed by atoms with Gasteiger partial charge in [0, 0.05) is 6.42 Å². The molecular weight excluding hydrogens is 428 g/mol. The molecule has 3 fully saturated rings. The Morgan fingerprint density at radius 1 is 1.12 bits per heavy atom. The summed E-state index contributed by atoms with van der Waals surface area (Å²) in [6.07, 6.45) is -1.61. The Bertz CT molecular complexity index is 788. The molecule has 180 valence electrons. The average Bonchev–Trinajstić information content (AvgIpc) is 3.23. The highest BCUT2D eigenvalue weighted by atomic mass is 28.3. The Balaban J connectivity index is 1.73. The molecule has 0 aliphatic carbocycles. The second kappa shape index (κ2) is 9.20. The molecule has 0 aromatic heterocycles. The molecule has 3 rings (SSSR count). The van der Waals surface area contributed by atoms with Crippen LogP contribution >= 0.6 is 0 Å². The van der Waals surface area contributed by atoms with Crippen molar-refractivity contribution in [1.82, 2.24) is 0 Å². The van der Waals surface area contributed by atoms with Crippen molar-refractivity contribution in [2.45, 2.75) is 109 Å². The van der Waals surface area contributed by atoms with E-state index in [1.165, 1.54) is 0 Å². The summed E-state index contributed by atoms with van der Waals surface area (Å²) in [7, 11) is -1.45. The Morgan fingerprint density at radius 2 is 1.81 bits per heavy atom. The van der Waals surface area contributed by atoms with Gasteiger partial charge in [0.1, 0.15) is 20.3 Å². The van der Waals surface area contributed by atoms with Crippen LogP contribution in [-0.4, -0.2) is 62.9 Å². The molecule has 3 aliphatic rings. The van der Waals surface area contributed by atoms with E-state index in [9.17, 15) is 4.79 Å². The molecule has 6 atom stereocenters. The molecule has 0 amide bonds. The lowest BCUT2D eigenvalue weighted by Crippen LogP contribution is -2.46. The zero-order valence-corrected chi connectivity index (χ0v) is 21.7. The summed E-state index contributed by atoms with van der Waals surface area (Å²) < 4.78 is 35.8. The third kappa shape index (κ3) is 6.22. The molecule has 32 heavy (non-hydrogen) atoms. The molecule has 0 bridgehead atoms. The first-order valence-electron chi connectivity index (χ1n) is 11.4. The van der Waals surface area contributed by atoms with Crippen LogP contribution in [0.25, 0.3) is 0 Å². The van der Waals surface area contributed by atoms with Gasteiger partial charge in [-0.15, -0.1) is 11.5 Å². The molecule has 7 nitrogen and oxygen atoms in total. The van der Waals surface area contributed by atoms with Crippen LogP contribution < -0.4 is 0 Å². The summed E-state index contributed by atoms with van der Waals surface area (Å²) in [5, 5.41) is 0. The monoisotopic (exact) mass is 466 g/mol. The van der Waals surface area contributed by atoms with Crippen LogP contribution in [0.1, 0.15) is 47.5 Å². The normalized spacial score (nSPS) is 33.8. The van der Waals surface area contributed by atoms with Gasteiger partial charge in [0.25, 0.3) is 0 Å². The highest BCUT2D eigenvalue weighted by Crippen LogP contribution is 2.42. The largest absolute Gasteiger partial charge is 0.456 e.